The quantitative estimate of drug-likeness (QED) is 0.382. The van der Waals surface area contributed by atoms with Gasteiger partial charge in [0.05, 0.1) is 24.9 Å². The van der Waals surface area contributed by atoms with Crippen LogP contribution >= 0.6 is 0 Å². The Hall–Kier alpha value is -2.64. The number of fused-ring (bicyclic) bond motifs is 1. The van der Waals surface area contributed by atoms with Gasteiger partial charge in [0.15, 0.2) is 0 Å². The number of hydrogen-bond donors (Lipinski definition) is 2. The van der Waals surface area contributed by atoms with Crippen molar-refractivity contribution in [1.29, 1.82) is 0 Å². The summed E-state index contributed by atoms with van der Waals surface area (Å²) in [5.74, 6) is -5.69. The highest BCUT2D eigenvalue weighted by Crippen LogP contribution is 2.57. The van der Waals surface area contributed by atoms with Crippen LogP contribution in [-0.4, -0.2) is 47.3 Å². The number of hydrogen-bond acceptors (Lipinski definition) is 6. The van der Waals surface area contributed by atoms with Crippen molar-refractivity contribution < 1.29 is 38.9 Å². The van der Waals surface area contributed by atoms with Crippen molar-refractivity contribution >= 4 is 23.9 Å². The number of esters is 2. The van der Waals surface area contributed by atoms with E-state index in [4.69, 9.17) is 4.74 Å². The van der Waals surface area contributed by atoms with E-state index in [1.807, 2.05) is 0 Å². The highest BCUT2D eigenvalue weighted by molar-refractivity contribution is 5.86. The van der Waals surface area contributed by atoms with Gasteiger partial charge < -0.3 is 19.7 Å². The van der Waals surface area contributed by atoms with Gasteiger partial charge in [-0.05, 0) is 25.7 Å². The van der Waals surface area contributed by atoms with Gasteiger partial charge in [-0.2, -0.15) is 0 Å². The molecule has 0 unspecified atom stereocenters. The summed E-state index contributed by atoms with van der Waals surface area (Å²) >= 11 is 0. The van der Waals surface area contributed by atoms with Crippen LogP contribution in [0.15, 0.2) is 23.8 Å². The Morgan fingerprint density at radius 2 is 2.00 bits per heavy atom. The van der Waals surface area contributed by atoms with E-state index >= 15 is 0 Å². The fourth-order valence-corrected chi connectivity index (χ4v) is 4.77. The molecule has 28 heavy (non-hydrogen) atoms. The van der Waals surface area contributed by atoms with Crippen LogP contribution in [0.4, 0.5) is 0 Å². The monoisotopic (exact) mass is 394 g/mol. The van der Waals surface area contributed by atoms with Crippen molar-refractivity contribution in [1.82, 2.24) is 0 Å². The van der Waals surface area contributed by atoms with Crippen LogP contribution in [0.2, 0.25) is 0 Å². The zero-order valence-electron chi connectivity index (χ0n) is 16.3. The van der Waals surface area contributed by atoms with Crippen molar-refractivity contribution in [3.05, 3.63) is 23.8 Å². The lowest BCUT2D eigenvalue weighted by molar-refractivity contribution is -0.170. The first-order chi connectivity index (χ1) is 13.0. The molecule has 0 aromatic heterocycles. The van der Waals surface area contributed by atoms with Gasteiger partial charge in [0.1, 0.15) is 6.10 Å². The molecule has 5 atom stereocenters. The standard InChI is InChI=1S/C20H26O8/c1-10(7-16(23)27-4)5-6-13-11(2)8-14-17(12(3)18(24)28-14)20(13,19(25)26)9-15(21)22/h7,12-14,17H,2,5-6,8-9H2,1,3-4H3,(H,21,22)(H,25,26)/b10-7+/t12-,13-,14-,17+,20-/m0/s1. The van der Waals surface area contributed by atoms with Gasteiger partial charge >= 0.3 is 23.9 Å². The van der Waals surface area contributed by atoms with Crippen LogP contribution in [0.5, 0.6) is 0 Å². The molecule has 2 N–H and O–H groups in total. The smallest absolute Gasteiger partial charge is 0.330 e. The van der Waals surface area contributed by atoms with Crippen molar-refractivity contribution in [2.24, 2.45) is 23.2 Å². The number of aliphatic carboxylic acids is 2. The van der Waals surface area contributed by atoms with E-state index < -0.39 is 59.6 Å². The molecule has 0 spiro atoms. The predicted molar refractivity (Wildman–Crippen MR) is 97.1 cm³/mol. The lowest BCUT2D eigenvalue weighted by Gasteiger charge is -2.48. The summed E-state index contributed by atoms with van der Waals surface area (Å²) in [4.78, 5) is 47.6. The van der Waals surface area contributed by atoms with E-state index in [-0.39, 0.29) is 0 Å². The molecule has 0 bridgehead atoms. The van der Waals surface area contributed by atoms with E-state index in [2.05, 4.69) is 11.3 Å². The average molecular weight is 394 g/mol. The second-order valence-corrected chi connectivity index (χ2v) is 7.67. The van der Waals surface area contributed by atoms with Crippen LogP contribution in [0.1, 0.15) is 39.5 Å². The minimum Gasteiger partial charge on any atom is -0.481 e. The largest absolute Gasteiger partial charge is 0.481 e. The number of carbonyl (C=O) groups excluding carboxylic acids is 2. The first-order valence-corrected chi connectivity index (χ1v) is 9.13. The molecule has 0 amide bonds. The minimum absolute atomic E-state index is 0.294. The summed E-state index contributed by atoms with van der Waals surface area (Å²) in [7, 11) is 1.26. The number of carboxylic acid groups (broad SMARTS) is 2. The van der Waals surface area contributed by atoms with E-state index in [1.165, 1.54) is 13.2 Å². The summed E-state index contributed by atoms with van der Waals surface area (Å²) in [5.41, 5.74) is -0.469. The van der Waals surface area contributed by atoms with Crippen molar-refractivity contribution in [2.45, 2.75) is 45.6 Å². The second-order valence-electron chi connectivity index (χ2n) is 7.67. The Morgan fingerprint density at radius 1 is 1.36 bits per heavy atom. The molecule has 0 aromatic carbocycles. The number of carboxylic acids is 2. The van der Waals surface area contributed by atoms with Gasteiger partial charge in [0, 0.05) is 18.4 Å². The molecule has 1 aliphatic carbocycles. The first-order valence-electron chi connectivity index (χ1n) is 9.13. The van der Waals surface area contributed by atoms with Gasteiger partial charge in [-0.3, -0.25) is 14.4 Å². The van der Waals surface area contributed by atoms with E-state index in [9.17, 15) is 29.4 Å². The van der Waals surface area contributed by atoms with Crippen LogP contribution in [0, 0.1) is 23.2 Å². The van der Waals surface area contributed by atoms with E-state index in [0.29, 0.717) is 30.4 Å². The molecule has 1 aliphatic heterocycles. The topological polar surface area (TPSA) is 127 Å². The summed E-state index contributed by atoms with van der Waals surface area (Å²) < 4.78 is 9.94. The Labute approximate surface area is 163 Å². The highest BCUT2D eigenvalue weighted by atomic mass is 16.6. The Bertz CT molecular complexity index is 736. The molecule has 2 fully saturated rings. The van der Waals surface area contributed by atoms with Crippen molar-refractivity contribution in [2.75, 3.05) is 7.11 Å². The Morgan fingerprint density at radius 3 is 2.54 bits per heavy atom. The van der Waals surface area contributed by atoms with Crippen LogP contribution in [0.3, 0.4) is 0 Å². The zero-order chi connectivity index (χ0) is 21.2. The Kier molecular flexibility index (Phi) is 6.31. The molecule has 8 nitrogen and oxygen atoms in total. The van der Waals surface area contributed by atoms with Crippen molar-refractivity contribution in [3.8, 4) is 0 Å². The van der Waals surface area contributed by atoms with Gasteiger partial charge in [-0.1, -0.05) is 24.6 Å². The van der Waals surface area contributed by atoms with E-state index in [1.54, 1.807) is 13.8 Å². The second kappa shape index (κ2) is 8.16. The predicted octanol–water partition coefficient (Wildman–Crippen LogP) is 2.19. The first kappa shape index (κ1) is 21.7. The number of methoxy groups -OCH3 is 1. The van der Waals surface area contributed by atoms with Gasteiger partial charge in [0.2, 0.25) is 0 Å². The molecule has 2 rings (SSSR count). The summed E-state index contributed by atoms with van der Waals surface area (Å²) in [6.45, 7) is 7.29. The highest BCUT2D eigenvalue weighted by Gasteiger charge is 2.64. The number of rotatable bonds is 7. The molecule has 1 saturated carbocycles. The van der Waals surface area contributed by atoms with Crippen LogP contribution in [-0.2, 0) is 28.7 Å². The third-order valence-corrected chi connectivity index (χ3v) is 5.99. The zero-order valence-corrected chi connectivity index (χ0v) is 16.3. The summed E-state index contributed by atoms with van der Waals surface area (Å²) in [6, 6.07) is 0. The molecule has 154 valence electrons. The summed E-state index contributed by atoms with van der Waals surface area (Å²) in [6.07, 6.45) is 0.969. The fraction of sp³-hybridized carbons (Fsp3) is 0.600. The molecule has 0 aromatic rings. The van der Waals surface area contributed by atoms with Crippen LogP contribution in [0.25, 0.3) is 0 Å². The molecule has 1 heterocycles. The molecule has 8 heteroatoms. The van der Waals surface area contributed by atoms with Gasteiger partial charge in [0.25, 0.3) is 0 Å². The third kappa shape index (κ3) is 3.81. The SMILES string of the molecule is C=C1C[C@@H]2OC(=O)[C@@H](C)[C@H]2[C@@](CC(=O)O)(C(=O)O)[C@H]1CC/C(C)=C/C(=O)OC. The normalized spacial score (nSPS) is 32.5. The maximum Gasteiger partial charge on any atom is 0.330 e. The van der Waals surface area contributed by atoms with Crippen LogP contribution < -0.4 is 0 Å². The molecular formula is C20H26O8. The lowest BCUT2D eigenvalue weighted by atomic mass is 9.53. The summed E-state index contributed by atoms with van der Waals surface area (Å²) in [5, 5.41) is 19.7. The minimum atomic E-state index is -1.71. The van der Waals surface area contributed by atoms with Crippen molar-refractivity contribution in [3.63, 3.8) is 0 Å². The maximum atomic E-state index is 12.5. The fourth-order valence-electron chi connectivity index (χ4n) is 4.77. The Balaban J connectivity index is 2.45. The molecule has 2 aliphatic rings. The third-order valence-electron chi connectivity index (χ3n) is 5.99. The lowest BCUT2D eigenvalue weighted by Crippen LogP contribution is -2.54. The number of allylic oxidation sites excluding steroid dienone is 1. The molecular weight excluding hydrogens is 368 g/mol. The maximum absolute atomic E-state index is 12.5. The number of carbonyl (C=O) groups is 4. The average Bonchev–Trinajstić information content (AvgIpc) is 2.87. The van der Waals surface area contributed by atoms with Gasteiger partial charge in [-0.15, -0.1) is 0 Å². The number of ether oxygens (including phenoxy) is 2. The molecule has 0 radical (unpaired) electrons. The van der Waals surface area contributed by atoms with Gasteiger partial charge in [-0.25, -0.2) is 4.79 Å². The molecule has 1 saturated heterocycles. The van der Waals surface area contributed by atoms with E-state index in [0.717, 1.165) is 0 Å².